The molecule has 0 saturated heterocycles. The quantitative estimate of drug-likeness (QED) is 0.488. The zero-order valence-corrected chi connectivity index (χ0v) is 15.6. The molecule has 1 unspecified atom stereocenters. The Bertz CT molecular complexity index is 1210. The van der Waals surface area contributed by atoms with Gasteiger partial charge in [-0.25, -0.2) is 4.98 Å². The number of rotatable bonds is 1. The summed E-state index contributed by atoms with van der Waals surface area (Å²) in [5, 5.41) is 1.08. The molecule has 0 fully saturated rings. The van der Waals surface area contributed by atoms with Crippen molar-refractivity contribution in [2.45, 2.75) is 45.8 Å². The molecule has 5 heteroatoms. The van der Waals surface area contributed by atoms with E-state index < -0.39 is 5.41 Å². The SMILES string of the molecule is CCC1(C)C(=O)OCc2c1cc1n(c2=O)Cc2cc3cc(C)ccc3nc2-1. The van der Waals surface area contributed by atoms with E-state index in [0.29, 0.717) is 18.5 Å². The second-order valence-electron chi connectivity index (χ2n) is 7.77. The van der Waals surface area contributed by atoms with Gasteiger partial charge in [-0.15, -0.1) is 0 Å². The van der Waals surface area contributed by atoms with Crippen molar-refractivity contribution >= 4 is 16.9 Å². The van der Waals surface area contributed by atoms with Gasteiger partial charge in [0.25, 0.3) is 5.56 Å². The first-order chi connectivity index (χ1) is 12.9. The number of nitrogens with zero attached hydrogens (tertiary/aromatic N) is 2. The zero-order chi connectivity index (χ0) is 18.9. The molecule has 5 nitrogen and oxygen atoms in total. The minimum atomic E-state index is -0.793. The minimum Gasteiger partial charge on any atom is -0.460 e. The number of hydrogen-bond acceptors (Lipinski definition) is 4. The first-order valence-corrected chi connectivity index (χ1v) is 9.27. The number of aryl methyl sites for hydroxylation is 1. The Kier molecular flexibility index (Phi) is 3.18. The summed E-state index contributed by atoms with van der Waals surface area (Å²) in [4.78, 5) is 30.4. The molecular weight excluding hydrogens is 340 g/mol. The number of ether oxygens (including phenoxy) is 1. The molecule has 0 radical (unpaired) electrons. The molecule has 4 heterocycles. The van der Waals surface area contributed by atoms with Crippen LogP contribution in [-0.4, -0.2) is 15.5 Å². The van der Waals surface area contributed by atoms with Crippen LogP contribution in [0, 0.1) is 6.92 Å². The molecule has 2 aliphatic heterocycles. The lowest BCUT2D eigenvalue weighted by Gasteiger charge is -2.33. The highest BCUT2D eigenvalue weighted by molar-refractivity contribution is 5.87. The van der Waals surface area contributed by atoms with Crippen LogP contribution in [0.2, 0.25) is 0 Å². The van der Waals surface area contributed by atoms with Gasteiger partial charge in [-0.3, -0.25) is 9.59 Å². The standard InChI is InChI=1S/C22H20N2O3/c1-4-22(3)16-9-18-19-14(8-13-7-12(2)5-6-17(13)23-19)10-24(18)20(25)15(16)11-27-21(22)26/h5-9H,4,10-11H2,1-3H3. The summed E-state index contributed by atoms with van der Waals surface area (Å²) in [7, 11) is 0. The molecule has 136 valence electrons. The number of aromatic nitrogens is 2. The third-order valence-corrected chi connectivity index (χ3v) is 6.12. The Morgan fingerprint density at radius 1 is 1.22 bits per heavy atom. The van der Waals surface area contributed by atoms with Gasteiger partial charge in [-0.2, -0.15) is 0 Å². The topological polar surface area (TPSA) is 61.2 Å². The van der Waals surface area contributed by atoms with Crippen LogP contribution in [0.1, 0.15) is 42.5 Å². The van der Waals surface area contributed by atoms with E-state index in [0.717, 1.165) is 33.4 Å². The van der Waals surface area contributed by atoms with E-state index in [2.05, 4.69) is 19.1 Å². The average molecular weight is 360 g/mol. The fraction of sp³-hybridized carbons (Fsp3) is 0.318. The zero-order valence-electron chi connectivity index (χ0n) is 15.6. The highest BCUT2D eigenvalue weighted by Gasteiger charge is 2.43. The summed E-state index contributed by atoms with van der Waals surface area (Å²) >= 11 is 0. The molecule has 0 spiro atoms. The minimum absolute atomic E-state index is 0.0494. The smallest absolute Gasteiger partial charge is 0.316 e. The molecule has 3 aromatic rings. The van der Waals surface area contributed by atoms with Crippen LogP contribution in [0.25, 0.3) is 22.3 Å². The fourth-order valence-electron chi connectivity index (χ4n) is 4.27. The lowest BCUT2D eigenvalue weighted by Crippen LogP contribution is -2.42. The van der Waals surface area contributed by atoms with Gasteiger partial charge >= 0.3 is 5.97 Å². The molecule has 0 amide bonds. The summed E-state index contributed by atoms with van der Waals surface area (Å²) in [6.45, 7) is 6.42. The van der Waals surface area contributed by atoms with Crippen molar-refractivity contribution in [1.82, 2.24) is 9.55 Å². The van der Waals surface area contributed by atoms with Gasteiger partial charge in [0.15, 0.2) is 0 Å². The number of carbonyl (C=O) groups is 1. The van der Waals surface area contributed by atoms with Crippen LogP contribution in [0.3, 0.4) is 0 Å². The number of cyclic esters (lactones) is 1. The van der Waals surface area contributed by atoms with E-state index >= 15 is 0 Å². The van der Waals surface area contributed by atoms with Gasteiger partial charge in [-0.05, 0) is 50.1 Å². The number of benzene rings is 1. The van der Waals surface area contributed by atoms with Crippen LogP contribution >= 0.6 is 0 Å². The third-order valence-electron chi connectivity index (χ3n) is 6.12. The number of hydrogen-bond donors (Lipinski definition) is 0. The third kappa shape index (κ3) is 2.08. The van der Waals surface area contributed by atoms with Gasteiger partial charge in [0.05, 0.1) is 34.4 Å². The van der Waals surface area contributed by atoms with E-state index in [1.165, 1.54) is 5.56 Å². The Labute approximate surface area is 156 Å². The van der Waals surface area contributed by atoms with Crippen molar-refractivity contribution < 1.29 is 9.53 Å². The highest BCUT2D eigenvalue weighted by atomic mass is 16.5. The molecule has 0 bridgehead atoms. The Morgan fingerprint density at radius 2 is 2.04 bits per heavy atom. The first-order valence-electron chi connectivity index (χ1n) is 9.27. The van der Waals surface area contributed by atoms with E-state index in [1.807, 2.05) is 32.0 Å². The van der Waals surface area contributed by atoms with Crippen molar-refractivity contribution in [3.8, 4) is 11.4 Å². The number of fused-ring (bicyclic) bond motifs is 5. The van der Waals surface area contributed by atoms with E-state index in [9.17, 15) is 9.59 Å². The van der Waals surface area contributed by atoms with E-state index in [1.54, 1.807) is 4.57 Å². The number of pyridine rings is 2. The summed E-state index contributed by atoms with van der Waals surface area (Å²) in [6, 6.07) is 10.3. The maximum absolute atomic E-state index is 13.2. The van der Waals surface area contributed by atoms with Crippen LogP contribution in [0.4, 0.5) is 0 Å². The fourth-order valence-corrected chi connectivity index (χ4v) is 4.27. The van der Waals surface area contributed by atoms with Crippen molar-refractivity contribution in [3.05, 3.63) is 62.9 Å². The lowest BCUT2D eigenvalue weighted by molar-refractivity contribution is -0.153. The molecule has 0 aliphatic carbocycles. The molecule has 0 N–H and O–H groups in total. The molecule has 2 aliphatic rings. The Morgan fingerprint density at radius 3 is 2.81 bits per heavy atom. The Hall–Kier alpha value is -2.95. The second-order valence-corrected chi connectivity index (χ2v) is 7.77. The second kappa shape index (κ2) is 5.28. The van der Waals surface area contributed by atoms with Gasteiger partial charge < -0.3 is 9.30 Å². The predicted octanol–water partition coefficient (Wildman–Crippen LogP) is 3.46. The van der Waals surface area contributed by atoms with Gasteiger partial charge in [0, 0.05) is 10.9 Å². The molecule has 5 rings (SSSR count). The van der Waals surface area contributed by atoms with E-state index in [-0.39, 0.29) is 18.1 Å². The molecule has 2 aromatic heterocycles. The van der Waals surface area contributed by atoms with Crippen molar-refractivity contribution in [3.63, 3.8) is 0 Å². The summed E-state index contributed by atoms with van der Waals surface area (Å²) in [6.07, 6.45) is 0.582. The van der Waals surface area contributed by atoms with Crippen LogP contribution < -0.4 is 5.56 Å². The van der Waals surface area contributed by atoms with Crippen LogP contribution in [-0.2, 0) is 28.1 Å². The van der Waals surface area contributed by atoms with Crippen LogP contribution in [0.15, 0.2) is 35.1 Å². The van der Waals surface area contributed by atoms with Crippen molar-refractivity contribution in [1.29, 1.82) is 0 Å². The predicted molar refractivity (Wildman–Crippen MR) is 103 cm³/mol. The van der Waals surface area contributed by atoms with Crippen molar-refractivity contribution in [2.75, 3.05) is 0 Å². The van der Waals surface area contributed by atoms with Gasteiger partial charge in [0.1, 0.15) is 6.61 Å². The van der Waals surface area contributed by atoms with Crippen molar-refractivity contribution in [2.24, 2.45) is 0 Å². The molecule has 27 heavy (non-hydrogen) atoms. The molecule has 0 saturated carbocycles. The average Bonchev–Trinajstić information content (AvgIpc) is 3.01. The molecular formula is C22H20N2O3. The largest absolute Gasteiger partial charge is 0.460 e. The normalized spacial score (nSPS) is 20.2. The van der Waals surface area contributed by atoms with Crippen LogP contribution in [0.5, 0.6) is 0 Å². The maximum atomic E-state index is 13.2. The first kappa shape index (κ1) is 16.2. The highest BCUT2D eigenvalue weighted by Crippen LogP contribution is 2.39. The monoisotopic (exact) mass is 360 g/mol. The number of esters is 1. The summed E-state index contributed by atoms with van der Waals surface area (Å²) < 4.78 is 7.10. The Balaban J connectivity index is 1.80. The lowest BCUT2D eigenvalue weighted by atomic mass is 9.76. The summed E-state index contributed by atoms with van der Waals surface area (Å²) in [5.74, 6) is -0.262. The number of carbonyl (C=O) groups excluding carboxylic acids is 1. The molecule has 1 atom stereocenters. The summed E-state index contributed by atoms with van der Waals surface area (Å²) in [5.41, 5.74) is 5.28. The molecule has 1 aromatic carbocycles. The maximum Gasteiger partial charge on any atom is 0.316 e. The van der Waals surface area contributed by atoms with Gasteiger partial charge in [-0.1, -0.05) is 18.6 Å². The van der Waals surface area contributed by atoms with E-state index in [4.69, 9.17) is 9.72 Å². The van der Waals surface area contributed by atoms with Gasteiger partial charge in [0.2, 0.25) is 0 Å².